The van der Waals surface area contributed by atoms with Crippen LogP contribution in [0.2, 0.25) is 0 Å². The molecule has 1 aromatic heterocycles. The Morgan fingerprint density at radius 1 is 1.50 bits per heavy atom. The number of aliphatic carboxylic acids is 1. The SMILES string of the molecule is CC(CC(=O)O)CC(=O)Nc1cccnc1. The lowest BCUT2D eigenvalue weighted by Crippen LogP contribution is -2.16. The summed E-state index contributed by atoms with van der Waals surface area (Å²) in [4.78, 5) is 25.7. The van der Waals surface area contributed by atoms with Crippen LogP contribution in [0.15, 0.2) is 24.5 Å². The zero-order valence-corrected chi connectivity index (χ0v) is 9.01. The largest absolute Gasteiger partial charge is 0.481 e. The van der Waals surface area contributed by atoms with E-state index < -0.39 is 5.97 Å². The number of pyridine rings is 1. The fraction of sp³-hybridized carbons (Fsp3) is 0.364. The Balaban J connectivity index is 2.39. The van der Waals surface area contributed by atoms with Gasteiger partial charge >= 0.3 is 5.97 Å². The molecule has 0 spiro atoms. The molecule has 86 valence electrons. The molecule has 16 heavy (non-hydrogen) atoms. The molecule has 0 aliphatic heterocycles. The summed E-state index contributed by atoms with van der Waals surface area (Å²) in [5.74, 6) is -1.25. The molecule has 1 unspecified atom stereocenters. The predicted molar refractivity (Wildman–Crippen MR) is 58.9 cm³/mol. The molecule has 0 fully saturated rings. The number of hydrogen-bond acceptors (Lipinski definition) is 3. The summed E-state index contributed by atoms with van der Waals surface area (Å²) in [7, 11) is 0. The molecule has 1 heterocycles. The van der Waals surface area contributed by atoms with Crippen LogP contribution in [0.25, 0.3) is 0 Å². The van der Waals surface area contributed by atoms with Crippen LogP contribution in [0, 0.1) is 5.92 Å². The van der Waals surface area contributed by atoms with Crippen LogP contribution < -0.4 is 5.32 Å². The first-order valence-electron chi connectivity index (χ1n) is 4.99. The number of aromatic nitrogens is 1. The number of amides is 1. The van der Waals surface area contributed by atoms with Crippen molar-refractivity contribution in [3.05, 3.63) is 24.5 Å². The van der Waals surface area contributed by atoms with Crippen molar-refractivity contribution in [1.29, 1.82) is 0 Å². The second-order valence-corrected chi connectivity index (χ2v) is 3.70. The van der Waals surface area contributed by atoms with Gasteiger partial charge in [0.1, 0.15) is 0 Å². The van der Waals surface area contributed by atoms with Crippen LogP contribution >= 0.6 is 0 Å². The standard InChI is InChI=1S/C11H14N2O3/c1-8(6-11(15)16)5-10(14)13-9-3-2-4-12-7-9/h2-4,7-8H,5-6H2,1H3,(H,13,14)(H,15,16). The van der Waals surface area contributed by atoms with Crippen LogP contribution in [-0.4, -0.2) is 22.0 Å². The molecule has 0 radical (unpaired) electrons. The Morgan fingerprint density at radius 2 is 2.25 bits per heavy atom. The van der Waals surface area contributed by atoms with Crippen molar-refractivity contribution in [2.75, 3.05) is 5.32 Å². The zero-order valence-electron chi connectivity index (χ0n) is 9.01. The number of anilines is 1. The second-order valence-electron chi connectivity index (χ2n) is 3.70. The van der Waals surface area contributed by atoms with Crippen molar-refractivity contribution in [1.82, 2.24) is 4.98 Å². The highest BCUT2D eigenvalue weighted by Gasteiger charge is 2.12. The summed E-state index contributed by atoms with van der Waals surface area (Å²) in [6, 6.07) is 3.45. The molecule has 0 bridgehead atoms. The van der Waals surface area contributed by atoms with Crippen molar-refractivity contribution < 1.29 is 14.7 Å². The van der Waals surface area contributed by atoms with Crippen molar-refractivity contribution in [2.24, 2.45) is 5.92 Å². The van der Waals surface area contributed by atoms with E-state index in [-0.39, 0.29) is 24.7 Å². The van der Waals surface area contributed by atoms with Crippen LogP contribution in [0.5, 0.6) is 0 Å². The topological polar surface area (TPSA) is 79.3 Å². The molecule has 0 saturated carbocycles. The minimum absolute atomic E-state index is 0.000456. The lowest BCUT2D eigenvalue weighted by Gasteiger charge is -2.08. The normalized spacial score (nSPS) is 11.8. The lowest BCUT2D eigenvalue weighted by molar-refractivity contribution is -0.138. The second kappa shape index (κ2) is 5.85. The van der Waals surface area contributed by atoms with E-state index in [9.17, 15) is 9.59 Å². The Hall–Kier alpha value is -1.91. The van der Waals surface area contributed by atoms with E-state index >= 15 is 0 Å². The monoisotopic (exact) mass is 222 g/mol. The average molecular weight is 222 g/mol. The minimum atomic E-state index is -0.887. The molecule has 5 nitrogen and oxygen atoms in total. The highest BCUT2D eigenvalue weighted by molar-refractivity contribution is 5.90. The molecule has 5 heteroatoms. The lowest BCUT2D eigenvalue weighted by atomic mass is 10.0. The third-order valence-electron chi connectivity index (χ3n) is 2.00. The molecule has 0 aliphatic rings. The molecule has 0 aromatic carbocycles. The van der Waals surface area contributed by atoms with Gasteiger partial charge in [-0.25, -0.2) is 0 Å². The van der Waals surface area contributed by atoms with E-state index in [2.05, 4.69) is 10.3 Å². The van der Waals surface area contributed by atoms with Crippen LogP contribution in [-0.2, 0) is 9.59 Å². The first kappa shape index (κ1) is 12.2. The zero-order chi connectivity index (χ0) is 12.0. The Morgan fingerprint density at radius 3 is 2.81 bits per heavy atom. The Bertz CT molecular complexity index is 365. The number of carbonyl (C=O) groups excluding carboxylic acids is 1. The quantitative estimate of drug-likeness (QED) is 0.791. The number of nitrogens with one attached hydrogen (secondary N) is 1. The van der Waals surface area contributed by atoms with Gasteiger partial charge < -0.3 is 10.4 Å². The summed E-state index contributed by atoms with van der Waals surface area (Å²) >= 11 is 0. The predicted octanol–water partition coefficient (Wildman–Crippen LogP) is 1.52. The summed E-state index contributed by atoms with van der Waals surface area (Å²) < 4.78 is 0. The Kier molecular flexibility index (Phi) is 4.44. The molecular formula is C11H14N2O3. The minimum Gasteiger partial charge on any atom is -0.481 e. The number of carbonyl (C=O) groups is 2. The van der Waals surface area contributed by atoms with Gasteiger partial charge in [0.25, 0.3) is 0 Å². The summed E-state index contributed by atoms with van der Waals surface area (Å²) in [6.07, 6.45) is 3.35. The van der Waals surface area contributed by atoms with Crippen molar-refractivity contribution in [2.45, 2.75) is 19.8 Å². The first-order chi connectivity index (χ1) is 7.58. The fourth-order valence-corrected chi connectivity index (χ4v) is 1.34. The van der Waals surface area contributed by atoms with Gasteiger partial charge in [0.15, 0.2) is 0 Å². The first-order valence-corrected chi connectivity index (χ1v) is 4.99. The summed E-state index contributed by atoms with van der Waals surface area (Å²) in [5.41, 5.74) is 0.620. The van der Waals surface area contributed by atoms with Gasteiger partial charge in [-0.15, -0.1) is 0 Å². The van der Waals surface area contributed by atoms with Crippen molar-refractivity contribution in [3.8, 4) is 0 Å². The Labute approximate surface area is 93.5 Å². The molecule has 1 rings (SSSR count). The van der Waals surface area contributed by atoms with Gasteiger partial charge in [0, 0.05) is 19.0 Å². The van der Waals surface area contributed by atoms with E-state index in [0.29, 0.717) is 5.69 Å². The van der Waals surface area contributed by atoms with Gasteiger partial charge in [0.2, 0.25) is 5.91 Å². The van der Waals surface area contributed by atoms with Gasteiger partial charge in [0.05, 0.1) is 11.9 Å². The van der Waals surface area contributed by atoms with E-state index in [1.165, 1.54) is 0 Å². The molecular weight excluding hydrogens is 208 g/mol. The highest BCUT2D eigenvalue weighted by Crippen LogP contribution is 2.10. The molecule has 1 atom stereocenters. The number of hydrogen-bond donors (Lipinski definition) is 2. The van der Waals surface area contributed by atoms with Crippen LogP contribution in [0.1, 0.15) is 19.8 Å². The van der Waals surface area contributed by atoms with Crippen molar-refractivity contribution >= 4 is 17.6 Å². The molecule has 0 saturated heterocycles. The highest BCUT2D eigenvalue weighted by atomic mass is 16.4. The van der Waals surface area contributed by atoms with Gasteiger partial charge in [-0.1, -0.05) is 6.92 Å². The summed E-state index contributed by atoms with van der Waals surface area (Å²) in [6.45, 7) is 1.73. The summed E-state index contributed by atoms with van der Waals surface area (Å²) in [5, 5.41) is 11.2. The molecule has 1 aromatic rings. The number of rotatable bonds is 5. The smallest absolute Gasteiger partial charge is 0.303 e. The number of nitrogens with zero attached hydrogens (tertiary/aromatic N) is 1. The third kappa shape index (κ3) is 4.54. The maximum absolute atomic E-state index is 11.5. The van der Waals surface area contributed by atoms with E-state index in [1.54, 1.807) is 31.5 Å². The van der Waals surface area contributed by atoms with E-state index in [1.807, 2.05) is 0 Å². The van der Waals surface area contributed by atoms with Crippen LogP contribution in [0.4, 0.5) is 5.69 Å². The number of carboxylic acids is 1. The van der Waals surface area contributed by atoms with Crippen molar-refractivity contribution in [3.63, 3.8) is 0 Å². The maximum atomic E-state index is 11.5. The number of carboxylic acid groups (broad SMARTS) is 1. The van der Waals surface area contributed by atoms with E-state index in [0.717, 1.165) is 0 Å². The van der Waals surface area contributed by atoms with Gasteiger partial charge in [-0.05, 0) is 18.1 Å². The average Bonchev–Trinajstić information content (AvgIpc) is 2.17. The van der Waals surface area contributed by atoms with E-state index in [4.69, 9.17) is 5.11 Å². The van der Waals surface area contributed by atoms with Crippen LogP contribution in [0.3, 0.4) is 0 Å². The maximum Gasteiger partial charge on any atom is 0.303 e. The van der Waals surface area contributed by atoms with Gasteiger partial charge in [-0.2, -0.15) is 0 Å². The van der Waals surface area contributed by atoms with Gasteiger partial charge in [-0.3, -0.25) is 14.6 Å². The third-order valence-corrected chi connectivity index (χ3v) is 2.00. The molecule has 2 N–H and O–H groups in total. The fourth-order valence-electron chi connectivity index (χ4n) is 1.34. The molecule has 0 aliphatic carbocycles. The molecule has 1 amide bonds.